The number of halogens is 1. The number of H-pyrrole nitrogens is 1. The lowest BCUT2D eigenvalue weighted by Crippen LogP contribution is -2.14. The molecule has 0 bridgehead atoms. The fourth-order valence-electron chi connectivity index (χ4n) is 2.38. The fourth-order valence-corrected chi connectivity index (χ4v) is 3.74. The first-order valence-electron chi connectivity index (χ1n) is 7.74. The number of hydrogen-bond donors (Lipinski definition) is 2. The number of aromatic nitrogens is 2. The van der Waals surface area contributed by atoms with Crippen molar-refractivity contribution in [1.82, 2.24) is 10.2 Å². The first-order chi connectivity index (χ1) is 11.8. The van der Waals surface area contributed by atoms with Crippen LogP contribution < -0.4 is 4.72 Å². The molecule has 1 aromatic carbocycles. The smallest absolute Gasteiger partial charge is 0.337 e. The van der Waals surface area contributed by atoms with Crippen molar-refractivity contribution in [2.24, 2.45) is 0 Å². The van der Waals surface area contributed by atoms with Crippen LogP contribution in [0.4, 0.5) is 5.82 Å². The third kappa shape index (κ3) is 4.73. The maximum atomic E-state index is 12.5. The van der Waals surface area contributed by atoms with E-state index in [4.69, 9.17) is 11.6 Å². The molecule has 0 amide bonds. The molecule has 2 aromatic rings. The summed E-state index contributed by atoms with van der Waals surface area (Å²) in [5.74, 6) is -0.250. The number of aromatic amines is 1. The number of carbonyl (C=O) groups excluding carboxylic acids is 1. The number of hydrogen-bond acceptors (Lipinski definition) is 5. The standard InChI is InChI=1S/C16H20ClN3O4S/c1-4-5-10(2)14-9-15(19-18-14)20-25(22,23)13-7-11(16(21)24-3)6-12(17)8-13/h6-10H,4-5H2,1-3H3,(H2,18,19,20). The highest BCUT2D eigenvalue weighted by Crippen LogP contribution is 2.24. The Bertz CT molecular complexity index is 864. The van der Waals surface area contributed by atoms with Gasteiger partial charge in [0.25, 0.3) is 10.0 Å². The van der Waals surface area contributed by atoms with Crippen LogP contribution >= 0.6 is 11.6 Å². The quantitative estimate of drug-likeness (QED) is 0.709. The van der Waals surface area contributed by atoms with Gasteiger partial charge in [-0.15, -0.1) is 0 Å². The van der Waals surface area contributed by atoms with E-state index in [9.17, 15) is 13.2 Å². The molecule has 2 rings (SSSR count). The first kappa shape index (κ1) is 19.3. The number of nitrogens with one attached hydrogen (secondary N) is 2. The van der Waals surface area contributed by atoms with E-state index in [1.165, 1.54) is 25.3 Å². The molecule has 0 aliphatic carbocycles. The van der Waals surface area contributed by atoms with Crippen LogP contribution in [0.15, 0.2) is 29.2 Å². The molecular formula is C16H20ClN3O4S. The van der Waals surface area contributed by atoms with Crippen molar-refractivity contribution in [3.63, 3.8) is 0 Å². The van der Waals surface area contributed by atoms with Crippen molar-refractivity contribution in [3.05, 3.63) is 40.5 Å². The Balaban J connectivity index is 2.28. The van der Waals surface area contributed by atoms with Gasteiger partial charge >= 0.3 is 5.97 Å². The molecule has 0 fully saturated rings. The number of carbonyl (C=O) groups is 1. The van der Waals surface area contributed by atoms with Crippen LogP contribution in [0, 0.1) is 0 Å². The summed E-state index contributed by atoms with van der Waals surface area (Å²) in [7, 11) is -2.74. The Morgan fingerprint density at radius 2 is 2.08 bits per heavy atom. The van der Waals surface area contributed by atoms with Gasteiger partial charge in [0, 0.05) is 16.8 Å². The largest absolute Gasteiger partial charge is 0.465 e. The second kappa shape index (κ2) is 7.88. The topological polar surface area (TPSA) is 101 Å². The maximum Gasteiger partial charge on any atom is 0.337 e. The molecule has 1 atom stereocenters. The molecule has 0 aliphatic rings. The van der Waals surface area contributed by atoms with Gasteiger partial charge in [0.1, 0.15) is 0 Å². The Morgan fingerprint density at radius 1 is 1.36 bits per heavy atom. The van der Waals surface area contributed by atoms with Crippen molar-refractivity contribution in [3.8, 4) is 0 Å². The SMILES string of the molecule is CCCC(C)c1cc(NS(=O)(=O)c2cc(Cl)cc(C(=O)OC)c2)n[nH]1. The molecule has 9 heteroatoms. The Labute approximate surface area is 151 Å². The average Bonchev–Trinajstić information content (AvgIpc) is 3.01. The van der Waals surface area contributed by atoms with E-state index >= 15 is 0 Å². The summed E-state index contributed by atoms with van der Waals surface area (Å²) in [6.45, 7) is 4.11. The summed E-state index contributed by atoms with van der Waals surface area (Å²) >= 11 is 5.92. The van der Waals surface area contributed by atoms with Crippen LogP contribution in [0.5, 0.6) is 0 Å². The minimum Gasteiger partial charge on any atom is -0.465 e. The molecule has 0 radical (unpaired) electrons. The third-order valence-electron chi connectivity index (χ3n) is 3.69. The second-order valence-electron chi connectivity index (χ2n) is 5.67. The molecule has 25 heavy (non-hydrogen) atoms. The Hall–Kier alpha value is -2.06. The average molecular weight is 386 g/mol. The predicted octanol–water partition coefficient (Wildman–Crippen LogP) is 3.55. The molecule has 136 valence electrons. The number of rotatable bonds is 7. The molecule has 0 spiro atoms. The molecule has 7 nitrogen and oxygen atoms in total. The van der Waals surface area contributed by atoms with Crippen LogP contribution in [0.25, 0.3) is 0 Å². The van der Waals surface area contributed by atoms with Crippen LogP contribution in [0.3, 0.4) is 0 Å². The zero-order chi connectivity index (χ0) is 18.6. The van der Waals surface area contributed by atoms with Gasteiger partial charge in [0.2, 0.25) is 0 Å². The molecule has 0 aliphatic heterocycles. The zero-order valence-corrected chi connectivity index (χ0v) is 15.7. The highest BCUT2D eigenvalue weighted by atomic mass is 35.5. The highest BCUT2D eigenvalue weighted by Gasteiger charge is 2.20. The summed E-state index contributed by atoms with van der Waals surface area (Å²) in [5, 5.41) is 6.94. The van der Waals surface area contributed by atoms with Crippen molar-refractivity contribution >= 4 is 33.4 Å². The summed E-state index contributed by atoms with van der Waals surface area (Å²) in [6, 6.07) is 5.45. The number of benzene rings is 1. The monoisotopic (exact) mass is 385 g/mol. The van der Waals surface area contributed by atoms with Crippen LogP contribution in [0.2, 0.25) is 5.02 Å². The number of nitrogens with zero attached hydrogens (tertiary/aromatic N) is 1. The Kier molecular flexibility index (Phi) is 6.07. The van der Waals surface area contributed by atoms with Gasteiger partial charge in [-0.1, -0.05) is 31.9 Å². The van der Waals surface area contributed by atoms with E-state index in [1.807, 2.05) is 6.92 Å². The highest BCUT2D eigenvalue weighted by molar-refractivity contribution is 7.92. The molecular weight excluding hydrogens is 366 g/mol. The van der Waals surface area contributed by atoms with Crippen LogP contribution in [-0.4, -0.2) is 31.7 Å². The number of methoxy groups -OCH3 is 1. The summed E-state index contributed by atoms with van der Waals surface area (Å²) in [5.41, 5.74) is 0.899. The number of esters is 1. The van der Waals surface area contributed by atoms with Crippen molar-refractivity contribution in [1.29, 1.82) is 0 Å². The summed E-state index contributed by atoms with van der Waals surface area (Å²) in [6.07, 6.45) is 1.98. The van der Waals surface area contributed by atoms with E-state index < -0.39 is 16.0 Å². The maximum absolute atomic E-state index is 12.5. The van der Waals surface area contributed by atoms with Gasteiger partial charge in [0.15, 0.2) is 5.82 Å². The molecule has 1 unspecified atom stereocenters. The molecule has 0 saturated heterocycles. The van der Waals surface area contributed by atoms with E-state index in [0.29, 0.717) is 0 Å². The lowest BCUT2D eigenvalue weighted by Gasteiger charge is -2.08. The molecule has 1 heterocycles. The van der Waals surface area contributed by atoms with Crippen LogP contribution in [0.1, 0.15) is 48.7 Å². The number of ether oxygens (including phenoxy) is 1. The molecule has 1 aromatic heterocycles. The van der Waals surface area contributed by atoms with E-state index in [1.54, 1.807) is 6.07 Å². The minimum atomic E-state index is -3.95. The molecule has 0 saturated carbocycles. The first-order valence-corrected chi connectivity index (χ1v) is 9.60. The third-order valence-corrected chi connectivity index (χ3v) is 5.24. The summed E-state index contributed by atoms with van der Waals surface area (Å²) < 4.78 is 32.1. The number of anilines is 1. The van der Waals surface area contributed by atoms with Crippen LogP contribution in [-0.2, 0) is 14.8 Å². The minimum absolute atomic E-state index is 0.0506. The molecule has 2 N–H and O–H groups in total. The van der Waals surface area contributed by atoms with Gasteiger partial charge in [-0.2, -0.15) is 5.10 Å². The van der Waals surface area contributed by atoms with Gasteiger partial charge in [-0.3, -0.25) is 9.82 Å². The normalized spacial score (nSPS) is 12.6. The lowest BCUT2D eigenvalue weighted by molar-refractivity contribution is 0.0600. The van der Waals surface area contributed by atoms with Gasteiger partial charge < -0.3 is 4.74 Å². The van der Waals surface area contributed by atoms with Crippen molar-refractivity contribution in [2.45, 2.75) is 37.5 Å². The number of sulfonamides is 1. The van der Waals surface area contributed by atoms with Crippen molar-refractivity contribution < 1.29 is 17.9 Å². The van der Waals surface area contributed by atoms with Gasteiger partial charge in [-0.05, 0) is 30.5 Å². The second-order valence-corrected chi connectivity index (χ2v) is 7.79. The lowest BCUT2D eigenvalue weighted by atomic mass is 10.0. The zero-order valence-electron chi connectivity index (χ0n) is 14.2. The van der Waals surface area contributed by atoms with E-state index in [2.05, 4.69) is 26.6 Å². The van der Waals surface area contributed by atoms with Gasteiger partial charge in [0.05, 0.1) is 17.6 Å². The Morgan fingerprint density at radius 3 is 2.72 bits per heavy atom. The predicted molar refractivity (Wildman–Crippen MR) is 95.5 cm³/mol. The van der Waals surface area contributed by atoms with E-state index in [0.717, 1.165) is 18.5 Å². The van der Waals surface area contributed by atoms with E-state index in [-0.39, 0.29) is 27.2 Å². The van der Waals surface area contributed by atoms with Gasteiger partial charge in [-0.25, -0.2) is 13.2 Å². The fraction of sp³-hybridized carbons (Fsp3) is 0.375. The van der Waals surface area contributed by atoms with Crippen molar-refractivity contribution in [2.75, 3.05) is 11.8 Å². The summed E-state index contributed by atoms with van der Waals surface area (Å²) in [4.78, 5) is 11.5.